The molecule has 30 heavy (non-hydrogen) atoms. The first-order valence-corrected chi connectivity index (χ1v) is 10.6. The molecular formula is C26H34O4. The van der Waals surface area contributed by atoms with E-state index in [1.807, 2.05) is 18.2 Å². The molecule has 0 aliphatic heterocycles. The van der Waals surface area contributed by atoms with E-state index in [-0.39, 0.29) is 23.9 Å². The number of fused-ring (bicyclic) bond motifs is 1. The van der Waals surface area contributed by atoms with Crippen molar-refractivity contribution in [2.45, 2.75) is 65.9 Å². The third-order valence-electron chi connectivity index (χ3n) is 5.55. The molecule has 1 aliphatic carbocycles. The summed E-state index contributed by atoms with van der Waals surface area (Å²) >= 11 is 0. The zero-order valence-corrected chi connectivity index (χ0v) is 18.9. The van der Waals surface area contributed by atoms with Crippen LogP contribution in [-0.2, 0) is 16.0 Å². The lowest BCUT2D eigenvalue weighted by Crippen LogP contribution is -2.35. The maximum atomic E-state index is 12.4. The third-order valence-corrected chi connectivity index (χ3v) is 5.55. The summed E-state index contributed by atoms with van der Waals surface area (Å²) in [6.07, 6.45) is 6.01. The number of carbonyl (C=O) groups excluding carboxylic acids is 2. The van der Waals surface area contributed by atoms with Gasteiger partial charge in [-0.25, -0.2) is 0 Å². The summed E-state index contributed by atoms with van der Waals surface area (Å²) in [6, 6.07) is 5.73. The van der Waals surface area contributed by atoms with Gasteiger partial charge in [-0.05, 0) is 67.9 Å². The Balaban J connectivity index is 1.97. The molecule has 0 saturated carbocycles. The lowest BCUT2D eigenvalue weighted by molar-refractivity contribution is -0.139. The molecule has 0 fully saturated rings. The van der Waals surface area contributed by atoms with Crippen molar-refractivity contribution >= 4 is 17.1 Å². The van der Waals surface area contributed by atoms with Gasteiger partial charge < -0.3 is 9.84 Å². The number of ketones is 2. The molecule has 4 nitrogen and oxygen atoms in total. The number of rotatable bonds is 10. The summed E-state index contributed by atoms with van der Waals surface area (Å²) in [5.41, 5.74) is 3.30. The first kappa shape index (κ1) is 23.8. The zero-order chi connectivity index (χ0) is 22.5. The van der Waals surface area contributed by atoms with Crippen molar-refractivity contribution < 1.29 is 19.4 Å². The molecule has 1 aromatic carbocycles. The van der Waals surface area contributed by atoms with E-state index in [2.05, 4.69) is 20.4 Å². The molecule has 0 amide bonds. The number of allylic oxidation sites excluding steroid dienone is 3. The van der Waals surface area contributed by atoms with Gasteiger partial charge >= 0.3 is 0 Å². The number of ether oxygens (including phenoxy) is 1. The second kappa shape index (κ2) is 10.0. The van der Waals surface area contributed by atoms with Gasteiger partial charge in [0.2, 0.25) is 0 Å². The van der Waals surface area contributed by atoms with Crippen molar-refractivity contribution in [2.75, 3.05) is 6.61 Å². The molecule has 162 valence electrons. The minimum absolute atomic E-state index is 0.0718. The van der Waals surface area contributed by atoms with E-state index < -0.39 is 5.60 Å². The fraction of sp³-hybridized carbons (Fsp3) is 0.462. The lowest BCUT2D eigenvalue weighted by atomic mass is 9.96. The summed E-state index contributed by atoms with van der Waals surface area (Å²) in [4.78, 5) is 24.1. The Morgan fingerprint density at radius 1 is 1.27 bits per heavy atom. The van der Waals surface area contributed by atoms with Gasteiger partial charge in [-0.1, -0.05) is 44.7 Å². The van der Waals surface area contributed by atoms with Crippen molar-refractivity contribution in [3.8, 4) is 0 Å². The van der Waals surface area contributed by atoms with Gasteiger partial charge in [0.05, 0.1) is 6.61 Å². The Hall–Kier alpha value is -2.46. The van der Waals surface area contributed by atoms with Gasteiger partial charge in [0.25, 0.3) is 0 Å². The average molecular weight is 411 g/mol. The molecule has 0 unspecified atom stereocenters. The third kappa shape index (κ3) is 6.27. The number of aliphatic hydroxyl groups excluding tert-OH is 1. The van der Waals surface area contributed by atoms with E-state index in [4.69, 9.17) is 4.74 Å². The SMILES string of the molecule is C=C(/C=C\C(O)=C(\C)COC(C)(C)C(=O)CCC(C)C)c1ccc2c(c1)CCC2=O. The molecule has 1 aromatic rings. The van der Waals surface area contributed by atoms with Crippen LogP contribution in [0.25, 0.3) is 5.57 Å². The summed E-state index contributed by atoms with van der Waals surface area (Å²) in [7, 11) is 0. The van der Waals surface area contributed by atoms with Gasteiger partial charge in [-0.3, -0.25) is 9.59 Å². The van der Waals surface area contributed by atoms with E-state index in [1.54, 1.807) is 32.9 Å². The molecule has 0 heterocycles. The van der Waals surface area contributed by atoms with Crippen LogP contribution < -0.4 is 0 Å². The zero-order valence-electron chi connectivity index (χ0n) is 18.9. The first-order chi connectivity index (χ1) is 14.0. The highest BCUT2D eigenvalue weighted by molar-refractivity contribution is 6.00. The minimum atomic E-state index is -0.883. The molecule has 0 spiro atoms. The summed E-state index contributed by atoms with van der Waals surface area (Å²) in [5, 5.41) is 10.4. The van der Waals surface area contributed by atoms with E-state index in [0.29, 0.717) is 24.3 Å². The molecule has 0 saturated heterocycles. The van der Waals surface area contributed by atoms with E-state index in [1.165, 1.54) is 0 Å². The lowest BCUT2D eigenvalue weighted by Gasteiger charge is -2.24. The number of aryl methyl sites for hydroxylation is 1. The van der Waals surface area contributed by atoms with Gasteiger partial charge in [0.15, 0.2) is 11.6 Å². The number of Topliss-reactive ketones (excluding diaryl/α,β-unsaturated/α-hetero) is 2. The Morgan fingerprint density at radius 2 is 1.97 bits per heavy atom. The van der Waals surface area contributed by atoms with Crippen LogP contribution in [0.2, 0.25) is 0 Å². The van der Waals surface area contributed by atoms with E-state index in [0.717, 1.165) is 35.1 Å². The normalized spacial score (nSPS) is 14.9. The smallest absolute Gasteiger partial charge is 0.164 e. The summed E-state index contributed by atoms with van der Waals surface area (Å²) < 4.78 is 5.80. The van der Waals surface area contributed by atoms with Gasteiger partial charge in [-0.2, -0.15) is 0 Å². The molecule has 0 radical (unpaired) electrons. The van der Waals surface area contributed by atoms with Crippen LogP contribution in [0.3, 0.4) is 0 Å². The Kier molecular flexibility index (Phi) is 7.96. The number of hydrogen-bond acceptors (Lipinski definition) is 4. The van der Waals surface area contributed by atoms with Crippen LogP contribution in [0.5, 0.6) is 0 Å². The summed E-state index contributed by atoms with van der Waals surface area (Å²) in [5.74, 6) is 0.833. The number of hydrogen-bond donors (Lipinski definition) is 1. The van der Waals surface area contributed by atoms with Crippen LogP contribution in [-0.4, -0.2) is 28.9 Å². The molecule has 1 aliphatic rings. The van der Waals surface area contributed by atoms with Crippen LogP contribution >= 0.6 is 0 Å². The molecule has 0 aromatic heterocycles. The molecule has 4 heteroatoms. The average Bonchev–Trinajstić information content (AvgIpc) is 3.08. The monoisotopic (exact) mass is 410 g/mol. The molecule has 2 rings (SSSR count). The quantitative estimate of drug-likeness (QED) is 0.378. The maximum absolute atomic E-state index is 12.4. The highest BCUT2D eigenvalue weighted by Crippen LogP contribution is 2.26. The molecular weight excluding hydrogens is 376 g/mol. The fourth-order valence-corrected chi connectivity index (χ4v) is 3.24. The first-order valence-electron chi connectivity index (χ1n) is 10.6. The van der Waals surface area contributed by atoms with E-state index >= 15 is 0 Å². The van der Waals surface area contributed by atoms with Crippen LogP contribution in [0.15, 0.2) is 48.3 Å². The second-order valence-corrected chi connectivity index (χ2v) is 8.97. The number of carbonyl (C=O) groups is 2. The molecule has 0 bridgehead atoms. The van der Waals surface area contributed by atoms with Crippen LogP contribution in [0.4, 0.5) is 0 Å². The Labute approximate surface area is 180 Å². The molecule has 1 N–H and O–H groups in total. The largest absolute Gasteiger partial charge is 0.508 e. The van der Waals surface area contributed by atoms with Crippen molar-refractivity contribution in [3.05, 3.63) is 65.0 Å². The van der Waals surface area contributed by atoms with Gasteiger partial charge in [0, 0.05) is 18.4 Å². The Morgan fingerprint density at radius 3 is 2.63 bits per heavy atom. The van der Waals surface area contributed by atoms with Gasteiger partial charge in [0.1, 0.15) is 11.4 Å². The van der Waals surface area contributed by atoms with Crippen LogP contribution in [0.1, 0.15) is 75.4 Å². The van der Waals surface area contributed by atoms with Crippen molar-refractivity contribution in [3.63, 3.8) is 0 Å². The predicted molar refractivity (Wildman–Crippen MR) is 122 cm³/mol. The second-order valence-electron chi connectivity index (χ2n) is 8.97. The van der Waals surface area contributed by atoms with Crippen molar-refractivity contribution in [1.82, 2.24) is 0 Å². The number of aliphatic hydroxyl groups is 1. The van der Waals surface area contributed by atoms with Crippen molar-refractivity contribution in [2.24, 2.45) is 5.92 Å². The highest BCUT2D eigenvalue weighted by Gasteiger charge is 2.28. The highest BCUT2D eigenvalue weighted by atomic mass is 16.5. The predicted octanol–water partition coefficient (Wildman–Crippen LogP) is 6.02. The van der Waals surface area contributed by atoms with Crippen molar-refractivity contribution in [1.29, 1.82) is 0 Å². The maximum Gasteiger partial charge on any atom is 0.164 e. The topological polar surface area (TPSA) is 63.6 Å². The Bertz CT molecular complexity index is 884. The standard InChI is InChI=1S/C26H34O4/c1-17(2)7-14-25(29)26(5,6)30-16-19(4)23(27)12-8-18(3)20-9-11-22-21(15-20)10-13-24(22)28/h8-9,11-12,15,17,27H,3,7,10,13-14,16H2,1-2,4-6H3/b12-8-,23-19+. The summed E-state index contributed by atoms with van der Waals surface area (Å²) in [6.45, 7) is 13.7. The number of benzene rings is 1. The van der Waals surface area contributed by atoms with Gasteiger partial charge in [-0.15, -0.1) is 0 Å². The minimum Gasteiger partial charge on any atom is -0.508 e. The fourth-order valence-electron chi connectivity index (χ4n) is 3.24. The molecule has 0 atom stereocenters. The van der Waals surface area contributed by atoms with Crippen LogP contribution in [0, 0.1) is 5.92 Å². The van der Waals surface area contributed by atoms with E-state index in [9.17, 15) is 14.7 Å².